The Bertz CT molecular complexity index is 397. The van der Waals surface area contributed by atoms with E-state index in [9.17, 15) is 14.7 Å². The van der Waals surface area contributed by atoms with Gasteiger partial charge in [-0.3, -0.25) is 4.79 Å². The predicted octanol–water partition coefficient (Wildman–Crippen LogP) is 0.776. The molecule has 6 heteroatoms. The third kappa shape index (κ3) is 2.75. The number of nitrogens with zero attached hydrogens (tertiary/aromatic N) is 1. The van der Waals surface area contributed by atoms with Gasteiger partial charge in [0.1, 0.15) is 0 Å². The number of amides is 2. The molecule has 3 N–H and O–H groups in total. The average molecular weight is 281 g/mol. The van der Waals surface area contributed by atoms with Crippen LogP contribution < -0.4 is 10.6 Å². The molecule has 2 amide bonds. The lowest BCUT2D eigenvalue weighted by molar-refractivity contribution is -0.142. The van der Waals surface area contributed by atoms with E-state index in [-0.39, 0.29) is 24.0 Å². The summed E-state index contributed by atoms with van der Waals surface area (Å²) in [6, 6.07) is 0.664. The lowest BCUT2D eigenvalue weighted by Crippen LogP contribution is -2.44. The number of fused-ring (bicyclic) bond motifs is 2. The highest BCUT2D eigenvalue weighted by Crippen LogP contribution is 2.41. The largest absolute Gasteiger partial charge is 0.481 e. The van der Waals surface area contributed by atoms with Gasteiger partial charge >= 0.3 is 12.0 Å². The number of carboxylic acids is 1. The number of hydrogen-bond acceptors (Lipinski definition) is 3. The number of aliphatic carboxylic acids is 1. The van der Waals surface area contributed by atoms with Gasteiger partial charge in [0.2, 0.25) is 0 Å². The minimum Gasteiger partial charge on any atom is -0.481 e. The Balaban J connectivity index is 1.41. The van der Waals surface area contributed by atoms with Crippen LogP contribution in [0.2, 0.25) is 0 Å². The van der Waals surface area contributed by atoms with Crippen molar-refractivity contribution in [2.45, 2.75) is 56.7 Å². The fourth-order valence-corrected chi connectivity index (χ4v) is 3.54. The maximum Gasteiger partial charge on any atom is 0.317 e. The van der Waals surface area contributed by atoms with Gasteiger partial charge in [0.15, 0.2) is 0 Å². The quantitative estimate of drug-likeness (QED) is 0.628. The van der Waals surface area contributed by atoms with E-state index in [0.29, 0.717) is 19.0 Å². The third-order valence-corrected chi connectivity index (χ3v) is 4.73. The van der Waals surface area contributed by atoms with Gasteiger partial charge in [0.05, 0.1) is 5.92 Å². The number of carboxylic acid groups (broad SMARTS) is 1. The Morgan fingerprint density at radius 2 is 1.95 bits per heavy atom. The normalized spacial score (nSPS) is 31.6. The van der Waals surface area contributed by atoms with Crippen molar-refractivity contribution >= 4 is 12.0 Å². The molecule has 0 aromatic carbocycles. The van der Waals surface area contributed by atoms with Crippen LogP contribution in [-0.2, 0) is 4.79 Å². The minimum absolute atomic E-state index is 0.0762. The predicted molar refractivity (Wildman–Crippen MR) is 73.4 cm³/mol. The first-order valence-electron chi connectivity index (χ1n) is 7.69. The van der Waals surface area contributed by atoms with Gasteiger partial charge in [0.25, 0.3) is 0 Å². The van der Waals surface area contributed by atoms with Crippen LogP contribution in [0.5, 0.6) is 0 Å². The van der Waals surface area contributed by atoms with E-state index in [1.54, 1.807) is 4.90 Å². The highest BCUT2D eigenvalue weighted by molar-refractivity contribution is 5.79. The molecule has 0 spiro atoms. The van der Waals surface area contributed by atoms with Crippen LogP contribution in [0.25, 0.3) is 0 Å². The summed E-state index contributed by atoms with van der Waals surface area (Å²) < 4.78 is 0. The molecule has 112 valence electrons. The van der Waals surface area contributed by atoms with Gasteiger partial charge in [-0.05, 0) is 45.1 Å². The molecule has 3 unspecified atom stereocenters. The van der Waals surface area contributed by atoms with Crippen molar-refractivity contribution in [3.05, 3.63) is 0 Å². The summed E-state index contributed by atoms with van der Waals surface area (Å²) in [5, 5.41) is 15.5. The fourth-order valence-electron chi connectivity index (χ4n) is 3.54. The summed E-state index contributed by atoms with van der Waals surface area (Å²) in [6.07, 6.45) is 5.88. The molecule has 20 heavy (non-hydrogen) atoms. The van der Waals surface area contributed by atoms with Crippen molar-refractivity contribution in [2.24, 2.45) is 5.92 Å². The summed E-state index contributed by atoms with van der Waals surface area (Å²) >= 11 is 0. The molecule has 3 rings (SSSR count). The fraction of sp³-hybridized carbons (Fsp3) is 0.857. The Morgan fingerprint density at radius 3 is 2.60 bits per heavy atom. The Morgan fingerprint density at radius 1 is 1.15 bits per heavy atom. The van der Waals surface area contributed by atoms with Crippen molar-refractivity contribution in [1.82, 2.24) is 15.5 Å². The molecule has 3 fully saturated rings. The topological polar surface area (TPSA) is 81.7 Å². The van der Waals surface area contributed by atoms with Crippen LogP contribution in [0.15, 0.2) is 0 Å². The van der Waals surface area contributed by atoms with Gasteiger partial charge in [-0.15, -0.1) is 0 Å². The van der Waals surface area contributed by atoms with E-state index >= 15 is 0 Å². The maximum absolute atomic E-state index is 12.2. The van der Waals surface area contributed by atoms with E-state index < -0.39 is 5.97 Å². The zero-order valence-corrected chi connectivity index (χ0v) is 11.7. The van der Waals surface area contributed by atoms with Crippen molar-refractivity contribution in [3.8, 4) is 0 Å². The number of hydrogen-bond donors (Lipinski definition) is 3. The van der Waals surface area contributed by atoms with Crippen molar-refractivity contribution in [1.29, 1.82) is 0 Å². The molecule has 2 aliphatic heterocycles. The molecule has 0 aromatic heterocycles. The van der Waals surface area contributed by atoms with Crippen molar-refractivity contribution in [3.63, 3.8) is 0 Å². The molecule has 0 radical (unpaired) electrons. The second kappa shape index (κ2) is 5.60. The van der Waals surface area contributed by atoms with Crippen LogP contribution in [0.3, 0.4) is 0 Å². The Hall–Kier alpha value is -1.30. The maximum atomic E-state index is 12.2. The van der Waals surface area contributed by atoms with Crippen LogP contribution in [-0.4, -0.2) is 53.2 Å². The van der Waals surface area contributed by atoms with Crippen molar-refractivity contribution < 1.29 is 14.7 Å². The third-order valence-electron chi connectivity index (χ3n) is 4.73. The lowest BCUT2D eigenvalue weighted by Gasteiger charge is -2.23. The summed E-state index contributed by atoms with van der Waals surface area (Å²) in [5.74, 6) is -1.13. The summed E-state index contributed by atoms with van der Waals surface area (Å²) in [4.78, 5) is 25.1. The van der Waals surface area contributed by atoms with E-state index in [1.807, 2.05) is 0 Å². The van der Waals surface area contributed by atoms with Gasteiger partial charge in [-0.2, -0.15) is 0 Å². The standard InChI is InChI=1S/C14H23N3O3/c18-13(19)11-8-10-4-5-12(11)17(10)14(20)16-7-1-6-15-9-2-3-9/h9-12,15H,1-8H2,(H,16,20)(H,18,19). The molecule has 0 aromatic rings. The molecule has 2 saturated heterocycles. The molecule has 6 nitrogen and oxygen atoms in total. The van der Waals surface area contributed by atoms with Gasteiger partial charge < -0.3 is 20.6 Å². The molecule has 3 atom stereocenters. The van der Waals surface area contributed by atoms with Gasteiger partial charge in [-0.1, -0.05) is 0 Å². The van der Waals surface area contributed by atoms with E-state index in [4.69, 9.17) is 0 Å². The van der Waals surface area contributed by atoms with Crippen LogP contribution in [0.1, 0.15) is 38.5 Å². The Labute approximate surface area is 118 Å². The second-order valence-corrected chi connectivity index (χ2v) is 6.20. The minimum atomic E-state index is -0.761. The van der Waals surface area contributed by atoms with Gasteiger partial charge in [-0.25, -0.2) is 4.79 Å². The zero-order valence-electron chi connectivity index (χ0n) is 11.7. The first-order chi connectivity index (χ1) is 9.66. The molecule has 1 aliphatic carbocycles. The Kier molecular flexibility index (Phi) is 3.83. The lowest BCUT2D eigenvalue weighted by atomic mass is 9.89. The van der Waals surface area contributed by atoms with Crippen LogP contribution in [0, 0.1) is 5.92 Å². The molecule has 2 bridgehead atoms. The SMILES string of the molecule is O=C(O)C1CC2CCC1N2C(=O)NCCCNC1CC1. The smallest absolute Gasteiger partial charge is 0.317 e. The molecule has 1 saturated carbocycles. The number of nitrogens with one attached hydrogen (secondary N) is 2. The summed E-state index contributed by atoms with van der Waals surface area (Å²) in [6.45, 7) is 1.60. The molecular formula is C14H23N3O3. The van der Waals surface area contributed by atoms with Crippen LogP contribution >= 0.6 is 0 Å². The summed E-state index contributed by atoms with van der Waals surface area (Å²) in [7, 11) is 0. The first-order valence-corrected chi connectivity index (χ1v) is 7.69. The molecular weight excluding hydrogens is 258 g/mol. The van der Waals surface area contributed by atoms with E-state index in [1.165, 1.54) is 12.8 Å². The number of urea groups is 1. The number of rotatable bonds is 6. The average Bonchev–Trinajstić information content (AvgIpc) is 3.06. The zero-order chi connectivity index (χ0) is 14.1. The highest BCUT2D eigenvalue weighted by Gasteiger charge is 2.51. The highest BCUT2D eigenvalue weighted by atomic mass is 16.4. The number of carbonyl (C=O) groups excluding carboxylic acids is 1. The number of carbonyl (C=O) groups is 2. The monoisotopic (exact) mass is 281 g/mol. The second-order valence-electron chi connectivity index (χ2n) is 6.20. The first kappa shape index (κ1) is 13.7. The molecule has 2 heterocycles. The van der Waals surface area contributed by atoms with Crippen molar-refractivity contribution in [2.75, 3.05) is 13.1 Å². The van der Waals surface area contributed by atoms with Gasteiger partial charge in [0, 0.05) is 24.7 Å². The van der Waals surface area contributed by atoms with E-state index in [2.05, 4.69) is 10.6 Å². The van der Waals surface area contributed by atoms with Crippen LogP contribution in [0.4, 0.5) is 4.79 Å². The molecule has 3 aliphatic rings. The van der Waals surface area contributed by atoms with E-state index in [0.717, 1.165) is 25.8 Å². The summed E-state index contributed by atoms with van der Waals surface area (Å²) in [5.41, 5.74) is 0.